The largest absolute Gasteiger partial charge is 0.462 e. The first-order valence-electron chi connectivity index (χ1n) is 6.83. The quantitative estimate of drug-likeness (QED) is 0.442. The van der Waals surface area contributed by atoms with E-state index < -0.39 is 0 Å². The minimum atomic E-state index is -0.315. The van der Waals surface area contributed by atoms with Gasteiger partial charge in [0.05, 0.1) is 6.10 Å². The third-order valence-corrected chi connectivity index (χ3v) is 3.22. The van der Waals surface area contributed by atoms with Gasteiger partial charge < -0.3 is 14.5 Å². The van der Waals surface area contributed by atoms with E-state index in [-0.39, 0.29) is 12.0 Å². The van der Waals surface area contributed by atoms with E-state index >= 15 is 0 Å². The second-order valence-electron chi connectivity index (χ2n) is 4.74. The first kappa shape index (κ1) is 15.5. The molecule has 2 rings (SSSR count). The van der Waals surface area contributed by atoms with Crippen molar-refractivity contribution in [2.24, 2.45) is 0 Å². The van der Waals surface area contributed by atoms with Gasteiger partial charge in [-0.25, -0.2) is 0 Å². The molecule has 0 aliphatic carbocycles. The first-order chi connectivity index (χ1) is 10.1. The number of hydrogen-bond acceptors (Lipinski definition) is 4. The van der Waals surface area contributed by atoms with Crippen LogP contribution in [0.5, 0.6) is 0 Å². The molecule has 1 aromatic rings. The number of amides is 1. The van der Waals surface area contributed by atoms with Crippen molar-refractivity contribution in [2.75, 3.05) is 13.2 Å². The molecule has 0 bridgehead atoms. The summed E-state index contributed by atoms with van der Waals surface area (Å²) in [6, 6.07) is 3.63. The third kappa shape index (κ3) is 5.57. The van der Waals surface area contributed by atoms with E-state index in [0.29, 0.717) is 17.4 Å². The summed E-state index contributed by atoms with van der Waals surface area (Å²) in [4.78, 5) is 11.6. The summed E-state index contributed by atoms with van der Waals surface area (Å²) in [6.45, 7) is 3.29. The van der Waals surface area contributed by atoms with Gasteiger partial charge in [0, 0.05) is 19.2 Å². The summed E-state index contributed by atoms with van der Waals surface area (Å²) in [6.07, 6.45) is 5.27. The summed E-state index contributed by atoms with van der Waals surface area (Å²) < 4.78 is 10.8. The number of furan rings is 1. The topological polar surface area (TPSA) is 75.5 Å². The van der Waals surface area contributed by atoms with Gasteiger partial charge in [0.2, 0.25) is 0 Å². The van der Waals surface area contributed by atoms with Crippen LogP contribution in [-0.2, 0) is 9.53 Å². The van der Waals surface area contributed by atoms with Crippen molar-refractivity contribution in [1.82, 2.24) is 16.2 Å². The van der Waals surface area contributed by atoms with E-state index in [1.54, 1.807) is 12.1 Å². The van der Waals surface area contributed by atoms with Crippen LogP contribution in [0, 0.1) is 6.92 Å². The molecule has 0 radical (unpaired) electrons. The van der Waals surface area contributed by atoms with E-state index in [1.165, 1.54) is 6.08 Å². The predicted octanol–water partition coefficient (Wildman–Crippen LogP) is 1.28. The van der Waals surface area contributed by atoms with Crippen molar-refractivity contribution < 1.29 is 13.9 Å². The van der Waals surface area contributed by atoms with Gasteiger partial charge in [0.25, 0.3) is 5.91 Å². The van der Waals surface area contributed by atoms with Crippen molar-refractivity contribution in [3.63, 3.8) is 0 Å². The summed E-state index contributed by atoms with van der Waals surface area (Å²) in [5.74, 6) is 1.11. The molecule has 1 amide bonds. The second kappa shape index (κ2) is 7.80. The molecule has 0 spiro atoms. The molecular weight excluding hydrogens is 290 g/mol. The molecule has 6 nitrogen and oxygen atoms in total. The number of carbonyl (C=O) groups is 1. The van der Waals surface area contributed by atoms with Gasteiger partial charge in [-0.1, -0.05) is 0 Å². The van der Waals surface area contributed by atoms with Crippen LogP contribution in [0.15, 0.2) is 22.6 Å². The molecule has 1 aliphatic rings. The van der Waals surface area contributed by atoms with Gasteiger partial charge in [-0.15, -0.1) is 0 Å². The number of hydrogen-bond donors (Lipinski definition) is 3. The summed E-state index contributed by atoms with van der Waals surface area (Å²) in [7, 11) is 0. The van der Waals surface area contributed by atoms with Gasteiger partial charge in [-0.3, -0.25) is 15.6 Å². The molecule has 114 valence electrons. The minimum Gasteiger partial charge on any atom is -0.462 e. The van der Waals surface area contributed by atoms with Crippen LogP contribution in [0.4, 0.5) is 0 Å². The lowest BCUT2D eigenvalue weighted by atomic mass is 10.2. The Kier molecular flexibility index (Phi) is 5.77. The zero-order valence-corrected chi connectivity index (χ0v) is 12.7. The summed E-state index contributed by atoms with van der Waals surface area (Å²) in [5.41, 5.74) is 5.10. The molecule has 3 N–H and O–H groups in total. The van der Waals surface area contributed by atoms with Crippen molar-refractivity contribution >= 4 is 29.3 Å². The molecule has 0 unspecified atom stereocenters. The van der Waals surface area contributed by atoms with Crippen molar-refractivity contribution in [2.45, 2.75) is 25.9 Å². The van der Waals surface area contributed by atoms with Crippen molar-refractivity contribution in [1.29, 1.82) is 0 Å². The Morgan fingerprint density at radius 2 is 2.33 bits per heavy atom. The molecule has 0 aromatic carbocycles. The van der Waals surface area contributed by atoms with Gasteiger partial charge >= 0.3 is 0 Å². The Morgan fingerprint density at radius 3 is 3.00 bits per heavy atom. The average Bonchev–Trinajstić information content (AvgIpc) is 3.12. The molecule has 21 heavy (non-hydrogen) atoms. The lowest BCUT2D eigenvalue weighted by molar-refractivity contribution is -0.116. The molecule has 1 fully saturated rings. The van der Waals surface area contributed by atoms with Crippen LogP contribution in [-0.4, -0.2) is 30.3 Å². The third-order valence-electron chi connectivity index (χ3n) is 2.97. The average molecular weight is 309 g/mol. The lowest BCUT2D eigenvalue weighted by Gasteiger charge is -2.13. The fourth-order valence-corrected chi connectivity index (χ4v) is 2.05. The Bertz CT molecular complexity index is 521. The summed E-state index contributed by atoms with van der Waals surface area (Å²) in [5, 5.41) is 3.36. The maximum absolute atomic E-state index is 11.6. The highest BCUT2D eigenvalue weighted by atomic mass is 32.1. The highest BCUT2D eigenvalue weighted by molar-refractivity contribution is 7.80. The molecule has 1 aromatic heterocycles. The minimum absolute atomic E-state index is 0.197. The number of aryl methyl sites for hydroxylation is 1. The van der Waals surface area contributed by atoms with Crippen LogP contribution < -0.4 is 16.2 Å². The SMILES string of the molecule is Cc1ccc(/C=C/C(=O)NNC(=S)NC[C@H]2CCCO2)o1. The highest BCUT2D eigenvalue weighted by Gasteiger charge is 2.15. The molecule has 7 heteroatoms. The normalized spacial score (nSPS) is 17.9. The van der Waals surface area contributed by atoms with Gasteiger partial charge in [0.15, 0.2) is 5.11 Å². The zero-order valence-electron chi connectivity index (χ0n) is 11.8. The van der Waals surface area contributed by atoms with E-state index in [0.717, 1.165) is 25.2 Å². The summed E-state index contributed by atoms with van der Waals surface area (Å²) >= 11 is 5.05. The maximum atomic E-state index is 11.6. The Balaban J connectivity index is 1.63. The smallest absolute Gasteiger partial charge is 0.262 e. The Morgan fingerprint density at radius 1 is 1.48 bits per heavy atom. The van der Waals surface area contributed by atoms with Crippen LogP contribution >= 0.6 is 12.2 Å². The standard InChI is InChI=1S/C14H19N3O3S/c1-10-4-5-11(20-10)6-7-13(18)16-17-14(21)15-9-12-3-2-8-19-12/h4-7,12H,2-3,8-9H2,1H3,(H,16,18)(H2,15,17,21)/b7-6+/t12-/m1/s1. The number of ether oxygens (including phenoxy) is 1. The maximum Gasteiger partial charge on any atom is 0.262 e. The van der Waals surface area contributed by atoms with Gasteiger partial charge in [-0.05, 0) is 50.2 Å². The monoisotopic (exact) mass is 309 g/mol. The zero-order chi connectivity index (χ0) is 15.1. The molecule has 1 atom stereocenters. The molecular formula is C14H19N3O3S. The van der Waals surface area contributed by atoms with Crippen LogP contribution in [0.1, 0.15) is 24.4 Å². The molecule has 1 aliphatic heterocycles. The predicted molar refractivity (Wildman–Crippen MR) is 83.3 cm³/mol. The van der Waals surface area contributed by atoms with E-state index in [4.69, 9.17) is 21.4 Å². The van der Waals surface area contributed by atoms with E-state index in [9.17, 15) is 4.79 Å². The molecule has 2 heterocycles. The van der Waals surface area contributed by atoms with Crippen molar-refractivity contribution in [3.8, 4) is 0 Å². The molecule has 1 saturated heterocycles. The van der Waals surface area contributed by atoms with Crippen LogP contribution in [0.25, 0.3) is 6.08 Å². The lowest BCUT2D eigenvalue weighted by Crippen LogP contribution is -2.47. The van der Waals surface area contributed by atoms with Crippen LogP contribution in [0.2, 0.25) is 0 Å². The number of rotatable bonds is 4. The van der Waals surface area contributed by atoms with Gasteiger partial charge in [0.1, 0.15) is 11.5 Å². The van der Waals surface area contributed by atoms with E-state index in [1.807, 2.05) is 13.0 Å². The first-order valence-corrected chi connectivity index (χ1v) is 7.24. The van der Waals surface area contributed by atoms with Crippen LogP contribution in [0.3, 0.4) is 0 Å². The highest BCUT2D eigenvalue weighted by Crippen LogP contribution is 2.10. The number of hydrazine groups is 1. The number of nitrogens with one attached hydrogen (secondary N) is 3. The van der Waals surface area contributed by atoms with E-state index in [2.05, 4.69) is 16.2 Å². The second-order valence-corrected chi connectivity index (χ2v) is 5.15. The van der Waals surface area contributed by atoms with Crippen molar-refractivity contribution in [3.05, 3.63) is 29.7 Å². The van der Waals surface area contributed by atoms with Gasteiger partial charge in [-0.2, -0.15) is 0 Å². The Labute approximate surface area is 128 Å². The Hall–Kier alpha value is -1.86. The number of carbonyl (C=O) groups excluding carboxylic acids is 1. The fraction of sp³-hybridized carbons (Fsp3) is 0.429. The molecule has 0 saturated carbocycles. The fourth-order valence-electron chi connectivity index (χ4n) is 1.92. The number of thiocarbonyl (C=S) groups is 1.